The lowest BCUT2D eigenvalue weighted by molar-refractivity contribution is -0.288. The van der Waals surface area contributed by atoms with Gasteiger partial charge in [-0.2, -0.15) is 22.0 Å². The molecule has 0 saturated carbocycles. The van der Waals surface area contributed by atoms with Gasteiger partial charge >= 0.3 is 19.7 Å². The van der Waals surface area contributed by atoms with Crippen molar-refractivity contribution in [3.63, 3.8) is 0 Å². The van der Waals surface area contributed by atoms with Crippen LogP contribution in [0.1, 0.15) is 20.3 Å². The van der Waals surface area contributed by atoms with E-state index in [-0.39, 0.29) is 18.9 Å². The monoisotopic (exact) mass is 445 g/mol. The Hall–Kier alpha value is -1.71. The van der Waals surface area contributed by atoms with E-state index < -0.39 is 43.7 Å². The second-order valence-electron chi connectivity index (χ2n) is 6.17. The second kappa shape index (κ2) is 8.57. The number of carbonyl (C=O) groups is 1. The number of hydrogen-bond acceptors (Lipinski definition) is 5. The van der Waals surface area contributed by atoms with Crippen molar-refractivity contribution in [2.75, 3.05) is 25.2 Å². The Bertz CT molecular complexity index is 760. The molecule has 6 nitrogen and oxygen atoms in total. The van der Waals surface area contributed by atoms with Crippen molar-refractivity contribution in [3.05, 3.63) is 24.3 Å². The highest BCUT2D eigenvalue weighted by atomic mass is 31.2. The molecule has 29 heavy (non-hydrogen) atoms. The van der Waals surface area contributed by atoms with Crippen LogP contribution in [0.3, 0.4) is 0 Å². The summed E-state index contributed by atoms with van der Waals surface area (Å²) in [4.78, 5) is 13.2. The lowest BCUT2D eigenvalue weighted by atomic mass is 10.1. The lowest BCUT2D eigenvalue weighted by Crippen LogP contribution is -2.53. The Labute approximate surface area is 164 Å². The van der Waals surface area contributed by atoms with Crippen LogP contribution in [0.5, 0.6) is 5.75 Å². The molecule has 12 heteroatoms. The molecule has 0 bridgehead atoms. The molecule has 1 aliphatic heterocycles. The number of halogens is 5. The topological polar surface area (TPSA) is 65.1 Å². The third-order valence-electron chi connectivity index (χ3n) is 4.43. The van der Waals surface area contributed by atoms with Crippen LogP contribution in [-0.2, 0) is 18.4 Å². The molecule has 1 saturated heterocycles. The zero-order valence-corrected chi connectivity index (χ0v) is 16.8. The summed E-state index contributed by atoms with van der Waals surface area (Å²) in [5.41, 5.74) is -2.01. The SMILES string of the molecule is CCOP(=O)(OCC)C1CC(C(F)(F)C(F)(F)F)N(c2ccc(OC)cc2)C1=O. The van der Waals surface area contributed by atoms with Gasteiger partial charge in [-0.3, -0.25) is 9.36 Å². The molecule has 0 aliphatic carbocycles. The number of rotatable bonds is 8. The number of nitrogens with zero attached hydrogens (tertiary/aromatic N) is 1. The zero-order chi connectivity index (χ0) is 22.0. The number of methoxy groups -OCH3 is 1. The van der Waals surface area contributed by atoms with Gasteiger partial charge in [-0.1, -0.05) is 0 Å². The molecule has 1 aliphatic rings. The van der Waals surface area contributed by atoms with Crippen molar-refractivity contribution >= 4 is 19.2 Å². The Balaban J connectivity index is 2.56. The van der Waals surface area contributed by atoms with Gasteiger partial charge in [0.1, 0.15) is 17.5 Å². The minimum atomic E-state index is -5.92. The highest BCUT2D eigenvalue weighted by Crippen LogP contribution is 2.59. The smallest absolute Gasteiger partial charge is 0.455 e. The van der Waals surface area contributed by atoms with Crippen molar-refractivity contribution in [3.8, 4) is 5.75 Å². The Morgan fingerprint density at radius 2 is 1.59 bits per heavy atom. The number of ether oxygens (including phenoxy) is 1. The van der Waals surface area contributed by atoms with E-state index in [1.807, 2.05) is 0 Å². The first kappa shape index (κ1) is 23.6. The van der Waals surface area contributed by atoms with Gasteiger partial charge in [0, 0.05) is 5.69 Å². The van der Waals surface area contributed by atoms with Crippen LogP contribution in [0.15, 0.2) is 24.3 Å². The molecule has 2 atom stereocenters. The summed E-state index contributed by atoms with van der Waals surface area (Å²) in [5, 5.41) is 0. The van der Waals surface area contributed by atoms with E-state index in [0.29, 0.717) is 10.6 Å². The molecular formula is C17H21F5NO5P. The van der Waals surface area contributed by atoms with E-state index in [1.165, 1.54) is 45.2 Å². The van der Waals surface area contributed by atoms with E-state index >= 15 is 0 Å². The van der Waals surface area contributed by atoms with Crippen molar-refractivity contribution in [1.82, 2.24) is 0 Å². The average Bonchev–Trinajstić information content (AvgIpc) is 3.00. The summed E-state index contributed by atoms with van der Waals surface area (Å²) >= 11 is 0. The van der Waals surface area contributed by atoms with E-state index in [9.17, 15) is 31.3 Å². The quantitative estimate of drug-likeness (QED) is 0.431. The number of alkyl halides is 5. The summed E-state index contributed by atoms with van der Waals surface area (Å²) in [6, 6.07) is 2.35. The number of benzene rings is 1. The molecule has 0 N–H and O–H groups in total. The van der Waals surface area contributed by atoms with Crippen LogP contribution < -0.4 is 9.64 Å². The third kappa shape index (κ3) is 4.41. The highest BCUT2D eigenvalue weighted by Gasteiger charge is 2.69. The molecular weight excluding hydrogens is 424 g/mol. The minimum Gasteiger partial charge on any atom is -0.497 e. The van der Waals surface area contributed by atoms with E-state index in [2.05, 4.69) is 0 Å². The number of carbonyl (C=O) groups excluding carboxylic acids is 1. The van der Waals surface area contributed by atoms with Crippen LogP contribution in [0.25, 0.3) is 0 Å². The highest BCUT2D eigenvalue weighted by molar-refractivity contribution is 7.55. The van der Waals surface area contributed by atoms with Gasteiger partial charge in [0.15, 0.2) is 0 Å². The zero-order valence-electron chi connectivity index (χ0n) is 15.9. The fourth-order valence-electron chi connectivity index (χ4n) is 3.12. The first-order valence-electron chi connectivity index (χ1n) is 8.73. The van der Waals surface area contributed by atoms with Crippen molar-refractivity contribution < 1.29 is 45.1 Å². The summed E-state index contributed by atoms with van der Waals surface area (Å²) < 4.78 is 95.9. The molecule has 2 rings (SSSR count). The van der Waals surface area contributed by atoms with Gasteiger partial charge in [0.05, 0.1) is 20.3 Å². The van der Waals surface area contributed by atoms with Crippen LogP contribution >= 0.6 is 7.60 Å². The van der Waals surface area contributed by atoms with Crippen molar-refractivity contribution in [1.29, 1.82) is 0 Å². The number of amides is 1. The van der Waals surface area contributed by atoms with Crippen LogP contribution in [0.4, 0.5) is 27.6 Å². The molecule has 164 valence electrons. The standard InChI is InChI=1S/C17H21F5NO5P/c1-4-27-29(25,28-5-2)13-10-14(16(18,19)17(20,21)22)23(15(13)24)11-6-8-12(26-3)9-7-11/h6-9,13-14H,4-5,10H2,1-3H3. The fraction of sp³-hybridized carbons (Fsp3) is 0.588. The summed E-state index contributed by atoms with van der Waals surface area (Å²) in [6.45, 7) is 2.52. The fourth-order valence-corrected chi connectivity index (χ4v) is 5.13. The third-order valence-corrected chi connectivity index (χ3v) is 6.86. The van der Waals surface area contributed by atoms with Gasteiger partial charge in [-0.25, -0.2) is 0 Å². The molecule has 0 aromatic heterocycles. The first-order valence-corrected chi connectivity index (χ1v) is 10.3. The molecule has 1 fully saturated rings. The summed E-state index contributed by atoms with van der Waals surface area (Å²) in [6.07, 6.45) is -6.96. The maximum Gasteiger partial charge on any atom is 0.455 e. The summed E-state index contributed by atoms with van der Waals surface area (Å²) in [5.74, 6) is -6.12. The normalized spacial score (nSPS) is 21.0. The molecule has 1 aromatic carbocycles. The van der Waals surface area contributed by atoms with Gasteiger partial charge in [-0.05, 0) is 44.5 Å². The molecule has 1 amide bonds. The van der Waals surface area contributed by atoms with Gasteiger partial charge in [0.2, 0.25) is 5.91 Å². The van der Waals surface area contributed by atoms with Crippen molar-refractivity contribution in [2.45, 2.75) is 44.1 Å². The van der Waals surface area contributed by atoms with Gasteiger partial charge in [-0.15, -0.1) is 0 Å². The van der Waals surface area contributed by atoms with Crippen molar-refractivity contribution in [2.24, 2.45) is 0 Å². The predicted octanol–water partition coefficient (Wildman–Crippen LogP) is 4.63. The number of anilines is 1. The minimum absolute atomic E-state index is 0.177. The van der Waals surface area contributed by atoms with Gasteiger partial charge < -0.3 is 18.7 Å². The molecule has 0 radical (unpaired) electrons. The first-order chi connectivity index (χ1) is 13.4. The summed E-state index contributed by atoms with van der Waals surface area (Å²) in [7, 11) is -2.93. The Morgan fingerprint density at radius 3 is 2.00 bits per heavy atom. The van der Waals surface area contributed by atoms with E-state index in [1.54, 1.807) is 0 Å². The molecule has 0 spiro atoms. The Kier molecular flexibility index (Phi) is 6.97. The van der Waals surface area contributed by atoms with Crippen LogP contribution in [-0.4, -0.2) is 50.0 Å². The second-order valence-corrected chi connectivity index (χ2v) is 8.39. The predicted molar refractivity (Wildman–Crippen MR) is 94.5 cm³/mol. The molecule has 1 aromatic rings. The number of hydrogen-bond donors (Lipinski definition) is 0. The Morgan fingerprint density at radius 1 is 1.07 bits per heavy atom. The maximum absolute atomic E-state index is 14.3. The lowest BCUT2D eigenvalue weighted by Gasteiger charge is -2.32. The maximum atomic E-state index is 14.3. The largest absolute Gasteiger partial charge is 0.497 e. The van der Waals surface area contributed by atoms with Crippen LogP contribution in [0.2, 0.25) is 0 Å². The van der Waals surface area contributed by atoms with E-state index in [0.717, 1.165) is 0 Å². The molecule has 2 unspecified atom stereocenters. The average molecular weight is 445 g/mol. The van der Waals surface area contributed by atoms with Crippen LogP contribution in [0, 0.1) is 0 Å². The van der Waals surface area contributed by atoms with E-state index in [4.69, 9.17) is 13.8 Å². The van der Waals surface area contributed by atoms with Gasteiger partial charge in [0.25, 0.3) is 0 Å². The molecule has 1 heterocycles.